The number of hydrogen-bond acceptors (Lipinski definition) is 4. The van der Waals surface area contributed by atoms with Gasteiger partial charge in [0.25, 0.3) is 0 Å². The average Bonchev–Trinajstić information content (AvgIpc) is 2.59. The lowest BCUT2D eigenvalue weighted by Gasteiger charge is -2.07. The number of fused-ring (bicyclic) bond motifs is 2. The molecule has 2 aromatic rings. The van der Waals surface area contributed by atoms with Gasteiger partial charge in [0.2, 0.25) is 0 Å². The Balaban J connectivity index is 2.10. The van der Waals surface area contributed by atoms with Crippen molar-refractivity contribution in [1.82, 2.24) is 0 Å². The molecule has 0 saturated heterocycles. The summed E-state index contributed by atoms with van der Waals surface area (Å²) in [5.74, 6) is 1.74. The van der Waals surface area contributed by atoms with Crippen molar-refractivity contribution in [2.45, 2.75) is 12.8 Å². The molecule has 1 aliphatic rings. The smallest absolute Gasteiger partial charge is 0.162 e. The van der Waals surface area contributed by atoms with Crippen LogP contribution in [-0.2, 0) is 6.42 Å². The molecule has 1 aromatic carbocycles. The standard InChI is InChI=1S/C13H15NO2S/c14-3-2-9-8-17-13-7-12-11(6-10(9)13)15-4-1-5-16-12/h6-8H,1-5,14H2. The van der Waals surface area contributed by atoms with Crippen molar-refractivity contribution in [2.75, 3.05) is 19.8 Å². The minimum atomic E-state index is 0.681. The van der Waals surface area contributed by atoms with Crippen molar-refractivity contribution in [3.05, 3.63) is 23.1 Å². The topological polar surface area (TPSA) is 44.5 Å². The molecule has 17 heavy (non-hydrogen) atoms. The van der Waals surface area contributed by atoms with E-state index >= 15 is 0 Å². The zero-order chi connectivity index (χ0) is 11.7. The monoisotopic (exact) mass is 249 g/mol. The zero-order valence-electron chi connectivity index (χ0n) is 9.57. The van der Waals surface area contributed by atoms with Gasteiger partial charge >= 0.3 is 0 Å². The molecule has 0 aliphatic carbocycles. The summed E-state index contributed by atoms with van der Waals surface area (Å²) in [6.45, 7) is 2.15. The van der Waals surface area contributed by atoms with Gasteiger partial charge in [-0.25, -0.2) is 0 Å². The molecule has 0 bridgehead atoms. The molecule has 3 rings (SSSR count). The van der Waals surface area contributed by atoms with E-state index in [1.165, 1.54) is 15.6 Å². The maximum Gasteiger partial charge on any atom is 0.162 e. The maximum atomic E-state index is 5.71. The van der Waals surface area contributed by atoms with E-state index in [4.69, 9.17) is 15.2 Å². The summed E-state index contributed by atoms with van der Waals surface area (Å²) in [4.78, 5) is 0. The molecule has 90 valence electrons. The Morgan fingerprint density at radius 1 is 1.18 bits per heavy atom. The van der Waals surface area contributed by atoms with Crippen LogP contribution in [0.5, 0.6) is 11.5 Å². The summed E-state index contributed by atoms with van der Waals surface area (Å²) in [6, 6.07) is 4.18. The number of hydrogen-bond donors (Lipinski definition) is 1. The number of nitrogens with two attached hydrogens (primary N) is 1. The summed E-state index contributed by atoms with van der Waals surface area (Å²) in [7, 11) is 0. The highest BCUT2D eigenvalue weighted by Gasteiger charge is 2.14. The third kappa shape index (κ3) is 1.98. The molecule has 2 heterocycles. The summed E-state index contributed by atoms with van der Waals surface area (Å²) in [5.41, 5.74) is 6.93. The van der Waals surface area contributed by atoms with Crippen molar-refractivity contribution in [1.29, 1.82) is 0 Å². The van der Waals surface area contributed by atoms with Crippen LogP contribution in [0.2, 0.25) is 0 Å². The molecule has 0 spiro atoms. The average molecular weight is 249 g/mol. The fourth-order valence-corrected chi connectivity index (χ4v) is 3.09. The fraction of sp³-hybridized carbons (Fsp3) is 0.385. The van der Waals surface area contributed by atoms with E-state index < -0.39 is 0 Å². The molecule has 0 radical (unpaired) electrons. The van der Waals surface area contributed by atoms with Crippen LogP contribution >= 0.6 is 11.3 Å². The van der Waals surface area contributed by atoms with Crippen molar-refractivity contribution < 1.29 is 9.47 Å². The summed E-state index contributed by atoms with van der Waals surface area (Å²) in [6.07, 6.45) is 1.86. The Kier molecular flexibility index (Phi) is 2.91. The maximum absolute atomic E-state index is 5.71. The van der Waals surface area contributed by atoms with Crippen LogP contribution in [0.1, 0.15) is 12.0 Å². The van der Waals surface area contributed by atoms with Crippen LogP contribution in [0, 0.1) is 0 Å². The SMILES string of the molecule is NCCc1csc2cc3c(cc12)OCCCO3. The third-order valence-electron chi connectivity index (χ3n) is 2.94. The van der Waals surface area contributed by atoms with Gasteiger partial charge in [-0.1, -0.05) is 0 Å². The van der Waals surface area contributed by atoms with E-state index in [1.54, 1.807) is 11.3 Å². The van der Waals surface area contributed by atoms with E-state index in [1.807, 2.05) is 0 Å². The Hall–Kier alpha value is -1.26. The zero-order valence-corrected chi connectivity index (χ0v) is 10.4. The molecule has 0 saturated carbocycles. The first kappa shape index (κ1) is 10.9. The lowest BCUT2D eigenvalue weighted by Crippen LogP contribution is -2.01. The molecule has 2 N–H and O–H groups in total. The molecular formula is C13H15NO2S. The van der Waals surface area contributed by atoms with Gasteiger partial charge < -0.3 is 15.2 Å². The fourth-order valence-electron chi connectivity index (χ4n) is 2.09. The largest absolute Gasteiger partial charge is 0.490 e. The number of thiophene rings is 1. The lowest BCUT2D eigenvalue weighted by atomic mass is 10.1. The van der Waals surface area contributed by atoms with Crippen molar-refractivity contribution in [2.24, 2.45) is 5.73 Å². The molecule has 0 fully saturated rings. The van der Waals surface area contributed by atoms with E-state index in [0.29, 0.717) is 6.54 Å². The second kappa shape index (κ2) is 4.55. The quantitative estimate of drug-likeness (QED) is 0.889. The van der Waals surface area contributed by atoms with Crippen LogP contribution in [0.3, 0.4) is 0 Å². The van der Waals surface area contributed by atoms with Crippen LogP contribution in [0.4, 0.5) is 0 Å². The second-order valence-electron chi connectivity index (χ2n) is 4.15. The van der Waals surface area contributed by atoms with E-state index in [-0.39, 0.29) is 0 Å². The van der Waals surface area contributed by atoms with Crippen LogP contribution < -0.4 is 15.2 Å². The first-order chi connectivity index (χ1) is 8.38. The van der Waals surface area contributed by atoms with Crippen molar-refractivity contribution in [3.63, 3.8) is 0 Å². The van der Waals surface area contributed by atoms with Gasteiger partial charge in [-0.15, -0.1) is 11.3 Å². The first-order valence-electron chi connectivity index (χ1n) is 5.88. The predicted molar refractivity (Wildman–Crippen MR) is 70.2 cm³/mol. The Morgan fingerprint density at radius 3 is 2.71 bits per heavy atom. The van der Waals surface area contributed by atoms with Crippen molar-refractivity contribution >= 4 is 21.4 Å². The first-order valence-corrected chi connectivity index (χ1v) is 6.76. The number of ether oxygens (including phenoxy) is 2. The second-order valence-corrected chi connectivity index (χ2v) is 5.06. The molecule has 1 aliphatic heterocycles. The summed E-state index contributed by atoms with van der Waals surface area (Å²) in [5, 5.41) is 3.43. The summed E-state index contributed by atoms with van der Waals surface area (Å²) >= 11 is 1.74. The molecule has 0 unspecified atom stereocenters. The Morgan fingerprint density at radius 2 is 1.94 bits per heavy atom. The molecule has 3 nitrogen and oxygen atoms in total. The minimum Gasteiger partial charge on any atom is -0.490 e. The van der Waals surface area contributed by atoms with E-state index in [9.17, 15) is 0 Å². The number of rotatable bonds is 2. The normalized spacial score (nSPS) is 14.9. The van der Waals surface area contributed by atoms with Gasteiger partial charge in [0.1, 0.15) is 0 Å². The van der Waals surface area contributed by atoms with Gasteiger partial charge in [-0.05, 0) is 35.4 Å². The molecule has 4 heteroatoms. The molecular weight excluding hydrogens is 234 g/mol. The van der Waals surface area contributed by atoms with Gasteiger partial charge in [-0.2, -0.15) is 0 Å². The van der Waals surface area contributed by atoms with Crippen molar-refractivity contribution in [3.8, 4) is 11.5 Å². The van der Waals surface area contributed by atoms with Crippen LogP contribution in [0.15, 0.2) is 17.5 Å². The van der Waals surface area contributed by atoms with Gasteiger partial charge in [0.15, 0.2) is 11.5 Å². The van der Waals surface area contributed by atoms with Gasteiger partial charge in [0.05, 0.1) is 13.2 Å². The molecule has 0 amide bonds. The summed E-state index contributed by atoms with van der Waals surface area (Å²) < 4.78 is 12.6. The highest BCUT2D eigenvalue weighted by molar-refractivity contribution is 7.17. The molecule has 0 atom stereocenters. The van der Waals surface area contributed by atoms with Gasteiger partial charge in [0, 0.05) is 17.2 Å². The molecule has 1 aromatic heterocycles. The van der Waals surface area contributed by atoms with Crippen LogP contribution in [-0.4, -0.2) is 19.8 Å². The highest BCUT2D eigenvalue weighted by atomic mass is 32.1. The third-order valence-corrected chi connectivity index (χ3v) is 3.93. The highest BCUT2D eigenvalue weighted by Crippen LogP contribution is 2.38. The predicted octanol–water partition coefficient (Wildman–Crippen LogP) is 2.56. The van der Waals surface area contributed by atoms with E-state index in [2.05, 4.69) is 17.5 Å². The minimum absolute atomic E-state index is 0.681. The van der Waals surface area contributed by atoms with Gasteiger partial charge in [-0.3, -0.25) is 0 Å². The van der Waals surface area contributed by atoms with Crippen LogP contribution in [0.25, 0.3) is 10.1 Å². The lowest BCUT2D eigenvalue weighted by molar-refractivity contribution is 0.297. The van der Waals surface area contributed by atoms with E-state index in [0.717, 1.165) is 37.6 Å². The number of benzene rings is 1. The Bertz CT molecular complexity index is 535. The Labute approximate surface area is 104 Å².